The smallest absolute Gasteiger partial charge is 0.251 e. The lowest BCUT2D eigenvalue weighted by atomic mass is 10.0. The number of nitrogens with one attached hydrogen (secondary N) is 1. The molecule has 0 aliphatic carbocycles. The van der Waals surface area contributed by atoms with Gasteiger partial charge in [-0.05, 0) is 55.7 Å². The molecule has 1 amide bonds. The maximum absolute atomic E-state index is 12.7. The molecule has 0 unspecified atom stereocenters. The summed E-state index contributed by atoms with van der Waals surface area (Å²) < 4.78 is 0. The minimum Gasteiger partial charge on any atom is -0.384 e. The summed E-state index contributed by atoms with van der Waals surface area (Å²) in [5.74, 6) is 1.15. The van der Waals surface area contributed by atoms with Crippen LogP contribution in [0.1, 0.15) is 28.9 Å². The molecule has 148 valence electrons. The van der Waals surface area contributed by atoms with Gasteiger partial charge in [-0.3, -0.25) is 4.79 Å². The number of nitrogens with zero attached hydrogens (tertiary/aromatic N) is 4. The Bertz CT molecular complexity index is 990. The number of aromatic nitrogens is 3. The van der Waals surface area contributed by atoms with Crippen molar-refractivity contribution in [1.82, 2.24) is 20.3 Å². The molecule has 1 aromatic carbocycles. The van der Waals surface area contributed by atoms with E-state index in [2.05, 4.69) is 25.2 Å². The van der Waals surface area contributed by atoms with Crippen molar-refractivity contribution in [1.29, 1.82) is 0 Å². The van der Waals surface area contributed by atoms with Crippen LogP contribution in [0.5, 0.6) is 0 Å². The predicted molar refractivity (Wildman–Crippen MR) is 114 cm³/mol. The maximum Gasteiger partial charge on any atom is 0.251 e. The van der Waals surface area contributed by atoms with Crippen LogP contribution in [0.15, 0.2) is 54.9 Å². The number of benzene rings is 1. The van der Waals surface area contributed by atoms with E-state index in [4.69, 9.17) is 5.73 Å². The first kappa shape index (κ1) is 18.9. The summed E-state index contributed by atoms with van der Waals surface area (Å²) in [6.45, 7) is 3.54. The number of hydrogen-bond donors (Lipinski definition) is 2. The summed E-state index contributed by atoms with van der Waals surface area (Å²) in [6, 6.07) is 13.2. The first-order chi connectivity index (χ1) is 14.1. The van der Waals surface area contributed by atoms with E-state index >= 15 is 0 Å². The third-order valence-electron chi connectivity index (χ3n) is 5.16. The van der Waals surface area contributed by atoms with Gasteiger partial charge in [0.1, 0.15) is 5.82 Å². The molecule has 1 fully saturated rings. The molecule has 4 rings (SSSR count). The summed E-state index contributed by atoms with van der Waals surface area (Å²) in [4.78, 5) is 27.8. The van der Waals surface area contributed by atoms with Gasteiger partial charge in [0.15, 0.2) is 0 Å². The molecule has 0 bridgehead atoms. The summed E-state index contributed by atoms with van der Waals surface area (Å²) in [5.41, 5.74) is 9.26. The minimum absolute atomic E-state index is 0.0652. The van der Waals surface area contributed by atoms with Crippen molar-refractivity contribution in [3.8, 4) is 11.1 Å². The number of amides is 1. The second-order valence-electron chi connectivity index (χ2n) is 7.25. The normalized spacial score (nSPS) is 16.4. The van der Waals surface area contributed by atoms with Crippen LogP contribution in [0.2, 0.25) is 0 Å². The van der Waals surface area contributed by atoms with Crippen LogP contribution in [0, 0.1) is 6.92 Å². The number of hydrogen-bond acceptors (Lipinski definition) is 6. The molecule has 1 saturated heterocycles. The van der Waals surface area contributed by atoms with Gasteiger partial charge in [0.2, 0.25) is 5.95 Å². The number of anilines is 2. The molecular weight excluding hydrogens is 364 g/mol. The average molecular weight is 388 g/mol. The van der Waals surface area contributed by atoms with Gasteiger partial charge in [-0.2, -0.15) is 0 Å². The molecule has 29 heavy (non-hydrogen) atoms. The molecular formula is C22H24N6O. The van der Waals surface area contributed by atoms with Crippen LogP contribution in [0.3, 0.4) is 0 Å². The van der Waals surface area contributed by atoms with Gasteiger partial charge in [-0.1, -0.05) is 12.1 Å². The SMILES string of the molecule is Cc1nc(N)ccc1-c1ccc(C(=O)N[C@H]2CCCN(c3ncccn3)C2)cc1. The number of nitrogens with two attached hydrogens (primary N) is 1. The van der Waals surface area contributed by atoms with Crippen LogP contribution in [0.4, 0.5) is 11.8 Å². The third-order valence-corrected chi connectivity index (χ3v) is 5.16. The number of aryl methyl sites for hydroxylation is 1. The molecule has 7 heteroatoms. The number of nitrogen functional groups attached to an aromatic ring is 1. The molecule has 7 nitrogen and oxygen atoms in total. The van der Waals surface area contributed by atoms with Gasteiger partial charge < -0.3 is 16.0 Å². The van der Waals surface area contributed by atoms with Crippen molar-refractivity contribution < 1.29 is 4.79 Å². The first-order valence-electron chi connectivity index (χ1n) is 9.76. The fourth-order valence-electron chi connectivity index (χ4n) is 3.69. The highest BCUT2D eigenvalue weighted by Crippen LogP contribution is 2.23. The van der Waals surface area contributed by atoms with Crippen LogP contribution < -0.4 is 16.0 Å². The summed E-state index contributed by atoms with van der Waals surface area (Å²) in [6.07, 6.45) is 5.42. The molecule has 3 aromatic rings. The average Bonchev–Trinajstić information content (AvgIpc) is 2.75. The van der Waals surface area contributed by atoms with E-state index in [0.717, 1.165) is 36.2 Å². The van der Waals surface area contributed by atoms with Crippen molar-refractivity contribution in [2.24, 2.45) is 0 Å². The highest BCUT2D eigenvalue weighted by atomic mass is 16.1. The van der Waals surface area contributed by atoms with Crippen molar-refractivity contribution in [3.05, 3.63) is 66.1 Å². The molecule has 0 radical (unpaired) electrons. The predicted octanol–water partition coefficient (Wildman–Crippen LogP) is 2.83. The minimum atomic E-state index is -0.0652. The topological polar surface area (TPSA) is 97.0 Å². The zero-order valence-electron chi connectivity index (χ0n) is 16.4. The molecule has 3 N–H and O–H groups in total. The molecule has 0 saturated carbocycles. The fraction of sp³-hybridized carbons (Fsp3) is 0.273. The highest BCUT2D eigenvalue weighted by Gasteiger charge is 2.23. The van der Waals surface area contributed by atoms with Gasteiger partial charge in [0.25, 0.3) is 5.91 Å². The Hall–Kier alpha value is -3.48. The summed E-state index contributed by atoms with van der Waals surface area (Å²) in [5, 5.41) is 3.15. The van der Waals surface area contributed by atoms with Gasteiger partial charge in [0.05, 0.1) is 0 Å². The van der Waals surface area contributed by atoms with E-state index in [1.807, 2.05) is 37.3 Å². The van der Waals surface area contributed by atoms with E-state index < -0.39 is 0 Å². The fourth-order valence-corrected chi connectivity index (χ4v) is 3.69. The molecule has 1 aliphatic rings. The zero-order chi connectivity index (χ0) is 20.2. The maximum atomic E-state index is 12.7. The lowest BCUT2D eigenvalue weighted by molar-refractivity contribution is 0.0933. The Morgan fingerprint density at radius 1 is 1.14 bits per heavy atom. The van der Waals surface area contributed by atoms with Crippen molar-refractivity contribution >= 4 is 17.7 Å². The van der Waals surface area contributed by atoms with Gasteiger partial charge >= 0.3 is 0 Å². The van der Waals surface area contributed by atoms with Crippen molar-refractivity contribution in [2.45, 2.75) is 25.8 Å². The van der Waals surface area contributed by atoms with E-state index in [-0.39, 0.29) is 11.9 Å². The monoisotopic (exact) mass is 388 g/mol. The summed E-state index contributed by atoms with van der Waals surface area (Å²) in [7, 11) is 0. The standard InChI is InChI=1S/C22H24N6O/c1-15-19(9-10-20(23)26-15)16-5-7-17(8-6-16)21(29)27-18-4-2-13-28(14-18)22-24-11-3-12-25-22/h3,5-12,18H,2,4,13-14H2,1H3,(H2,23,26)(H,27,29)/t18-/m0/s1. The van der Waals surface area contributed by atoms with Crippen molar-refractivity contribution in [3.63, 3.8) is 0 Å². The molecule has 1 aliphatic heterocycles. The number of rotatable bonds is 4. The van der Waals surface area contributed by atoms with E-state index in [1.165, 1.54) is 0 Å². The molecule has 2 aromatic heterocycles. The van der Waals surface area contributed by atoms with Crippen LogP contribution >= 0.6 is 0 Å². The lowest BCUT2D eigenvalue weighted by Crippen LogP contribution is -2.48. The van der Waals surface area contributed by atoms with Gasteiger partial charge in [-0.25, -0.2) is 15.0 Å². The quantitative estimate of drug-likeness (QED) is 0.713. The van der Waals surface area contributed by atoms with E-state index in [9.17, 15) is 4.79 Å². The Labute approximate surface area is 170 Å². The largest absolute Gasteiger partial charge is 0.384 e. The first-order valence-corrected chi connectivity index (χ1v) is 9.76. The summed E-state index contributed by atoms with van der Waals surface area (Å²) >= 11 is 0. The number of carbonyl (C=O) groups is 1. The number of pyridine rings is 1. The second kappa shape index (κ2) is 8.26. The zero-order valence-corrected chi connectivity index (χ0v) is 16.4. The highest BCUT2D eigenvalue weighted by molar-refractivity contribution is 5.95. The van der Waals surface area contributed by atoms with Crippen LogP contribution in [-0.4, -0.2) is 40.0 Å². The lowest BCUT2D eigenvalue weighted by Gasteiger charge is -2.33. The van der Waals surface area contributed by atoms with Crippen molar-refractivity contribution in [2.75, 3.05) is 23.7 Å². The Morgan fingerprint density at radius 3 is 2.62 bits per heavy atom. The van der Waals surface area contributed by atoms with Crippen LogP contribution in [0.25, 0.3) is 11.1 Å². The Kier molecular flexibility index (Phi) is 5.37. The number of piperidine rings is 1. The number of carbonyl (C=O) groups excluding carboxylic acids is 1. The third kappa shape index (κ3) is 4.34. The Balaban J connectivity index is 1.42. The van der Waals surface area contributed by atoms with Crippen LogP contribution in [-0.2, 0) is 0 Å². The molecule has 3 heterocycles. The van der Waals surface area contributed by atoms with E-state index in [0.29, 0.717) is 23.9 Å². The van der Waals surface area contributed by atoms with Gasteiger partial charge in [-0.15, -0.1) is 0 Å². The van der Waals surface area contributed by atoms with Gasteiger partial charge in [0, 0.05) is 48.3 Å². The van der Waals surface area contributed by atoms with E-state index in [1.54, 1.807) is 24.5 Å². The Morgan fingerprint density at radius 2 is 1.90 bits per heavy atom. The molecule has 0 spiro atoms. The second-order valence-corrected chi connectivity index (χ2v) is 7.25. The molecule has 1 atom stereocenters.